The van der Waals surface area contributed by atoms with Gasteiger partial charge in [0.25, 0.3) is 0 Å². The fourth-order valence-electron chi connectivity index (χ4n) is 2.46. The van der Waals surface area contributed by atoms with Crippen LogP contribution in [0, 0.1) is 5.41 Å². The molecule has 1 aromatic rings. The van der Waals surface area contributed by atoms with Crippen molar-refractivity contribution in [1.82, 2.24) is 5.32 Å². The van der Waals surface area contributed by atoms with Crippen LogP contribution in [0.5, 0.6) is 0 Å². The first kappa shape index (κ1) is 12.6. The Morgan fingerprint density at radius 2 is 1.94 bits per heavy atom. The van der Waals surface area contributed by atoms with Gasteiger partial charge in [0.2, 0.25) is 0 Å². The summed E-state index contributed by atoms with van der Waals surface area (Å²) in [5.41, 5.74) is 0.667. The zero-order chi connectivity index (χ0) is 12.4. The molecule has 0 aromatic heterocycles. The zero-order valence-electron chi connectivity index (χ0n) is 10.9. The van der Waals surface area contributed by atoms with E-state index in [1.165, 1.54) is 19.3 Å². The van der Waals surface area contributed by atoms with Gasteiger partial charge in [-0.15, -0.1) is 0 Å². The minimum atomic E-state index is -0.776. The third kappa shape index (κ3) is 3.08. The van der Waals surface area contributed by atoms with Crippen molar-refractivity contribution in [3.05, 3.63) is 35.9 Å². The predicted octanol–water partition coefficient (Wildman–Crippen LogP) is 2.67. The highest BCUT2D eigenvalue weighted by Gasteiger charge is 2.32. The average molecular weight is 233 g/mol. The summed E-state index contributed by atoms with van der Waals surface area (Å²) in [5, 5.41) is 13.8. The Kier molecular flexibility index (Phi) is 3.55. The van der Waals surface area contributed by atoms with Gasteiger partial charge in [-0.3, -0.25) is 0 Å². The van der Waals surface area contributed by atoms with Gasteiger partial charge in [0.05, 0.1) is 5.60 Å². The van der Waals surface area contributed by atoms with Crippen LogP contribution in [0.2, 0.25) is 0 Å². The molecule has 94 valence electrons. The number of hydrogen-bond acceptors (Lipinski definition) is 2. The summed E-state index contributed by atoms with van der Waals surface area (Å²) in [6.07, 6.45) is 3.98. The van der Waals surface area contributed by atoms with E-state index in [2.05, 4.69) is 12.2 Å². The van der Waals surface area contributed by atoms with Gasteiger partial charge >= 0.3 is 0 Å². The Balaban J connectivity index is 1.85. The Labute approximate surface area is 104 Å². The SMILES string of the molecule is CC1(CNCC(C)(O)c2ccccc2)CCC1. The van der Waals surface area contributed by atoms with Crippen LogP contribution < -0.4 is 5.32 Å². The molecule has 1 saturated carbocycles. The lowest BCUT2D eigenvalue weighted by Crippen LogP contribution is -2.43. The zero-order valence-corrected chi connectivity index (χ0v) is 10.9. The summed E-state index contributed by atoms with van der Waals surface area (Å²) in [6.45, 7) is 5.82. The van der Waals surface area contributed by atoms with Crippen LogP contribution in [0.25, 0.3) is 0 Å². The van der Waals surface area contributed by atoms with E-state index in [4.69, 9.17) is 0 Å². The first-order chi connectivity index (χ1) is 8.02. The summed E-state index contributed by atoms with van der Waals surface area (Å²) in [7, 11) is 0. The van der Waals surface area contributed by atoms with Crippen molar-refractivity contribution in [3.63, 3.8) is 0 Å². The van der Waals surface area contributed by atoms with Crippen LogP contribution in [0.4, 0.5) is 0 Å². The van der Waals surface area contributed by atoms with Gasteiger partial charge in [-0.1, -0.05) is 43.7 Å². The maximum Gasteiger partial charge on any atom is 0.0992 e. The van der Waals surface area contributed by atoms with Gasteiger partial charge in [0.1, 0.15) is 0 Å². The number of hydrogen-bond donors (Lipinski definition) is 2. The molecule has 1 aromatic carbocycles. The summed E-state index contributed by atoms with van der Waals surface area (Å²) in [6, 6.07) is 9.87. The third-order valence-electron chi connectivity index (χ3n) is 3.98. The molecule has 17 heavy (non-hydrogen) atoms. The number of nitrogens with one attached hydrogen (secondary N) is 1. The van der Waals surface area contributed by atoms with Crippen LogP contribution >= 0.6 is 0 Å². The van der Waals surface area contributed by atoms with Crippen LogP contribution in [0.15, 0.2) is 30.3 Å². The minimum Gasteiger partial charge on any atom is -0.384 e. The van der Waals surface area contributed by atoms with E-state index in [1.807, 2.05) is 37.3 Å². The van der Waals surface area contributed by atoms with E-state index in [0.717, 1.165) is 12.1 Å². The van der Waals surface area contributed by atoms with Crippen molar-refractivity contribution in [3.8, 4) is 0 Å². The van der Waals surface area contributed by atoms with Crippen molar-refractivity contribution in [2.45, 2.75) is 38.7 Å². The molecule has 0 radical (unpaired) electrons. The molecule has 1 atom stereocenters. The smallest absolute Gasteiger partial charge is 0.0992 e. The Hall–Kier alpha value is -0.860. The summed E-state index contributed by atoms with van der Waals surface area (Å²) in [5.74, 6) is 0. The Morgan fingerprint density at radius 1 is 1.29 bits per heavy atom. The standard InChI is InChI=1S/C15H23NO/c1-14(9-6-10-14)11-16-12-15(2,17)13-7-4-3-5-8-13/h3-5,7-8,16-17H,6,9-12H2,1-2H3. The summed E-state index contributed by atoms with van der Waals surface area (Å²) < 4.78 is 0. The quantitative estimate of drug-likeness (QED) is 0.819. The topological polar surface area (TPSA) is 32.3 Å². The fourth-order valence-corrected chi connectivity index (χ4v) is 2.46. The highest BCUT2D eigenvalue weighted by atomic mass is 16.3. The third-order valence-corrected chi connectivity index (χ3v) is 3.98. The van der Waals surface area contributed by atoms with Crippen molar-refractivity contribution in [2.75, 3.05) is 13.1 Å². The molecule has 2 N–H and O–H groups in total. The highest BCUT2D eigenvalue weighted by molar-refractivity contribution is 5.21. The van der Waals surface area contributed by atoms with Crippen LogP contribution in [0.3, 0.4) is 0 Å². The fraction of sp³-hybridized carbons (Fsp3) is 0.600. The Bertz CT molecular complexity index is 354. The molecular formula is C15H23NO. The van der Waals surface area contributed by atoms with E-state index in [0.29, 0.717) is 12.0 Å². The lowest BCUT2D eigenvalue weighted by molar-refractivity contribution is 0.0491. The maximum atomic E-state index is 10.4. The lowest BCUT2D eigenvalue weighted by atomic mass is 9.70. The molecule has 1 aliphatic carbocycles. The van der Waals surface area contributed by atoms with Gasteiger partial charge in [0, 0.05) is 13.1 Å². The van der Waals surface area contributed by atoms with Crippen LogP contribution in [-0.2, 0) is 5.60 Å². The lowest BCUT2D eigenvalue weighted by Gasteiger charge is -2.39. The first-order valence-corrected chi connectivity index (χ1v) is 6.51. The highest BCUT2D eigenvalue weighted by Crippen LogP contribution is 2.39. The Morgan fingerprint density at radius 3 is 2.47 bits per heavy atom. The van der Waals surface area contributed by atoms with Crippen LogP contribution in [-0.4, -0.2) is 18.2 Å². The first-order valence-electron chi connectivity index (χ1n) is 6.51. The molecule has 2 rings (SSSR count). The molecule has 0 bridgehead atoms. The van der Waals surface area contributed by atoms with E-state index in [9.17, 15) is 5.11 Å². The van der Waals surface area contributed by atoms with E-state index in [1.54, 1.807) is 0 Å². The van der Waals surface area contributed by atoms with E-state index in [-0.39, 0.29) is 0 Å². The van der Waals surface area contributed by atoms with Crippen molar-refractivity contribution in [1.29, 1.82) is 0 Å². The summed E-state index contributed by atoms with van der Waals surface area (Å²) in [4.78, 5) is 0. The van der Waals surface area contributed by atoms with E-state index < -0.39 is 5.60 Å². The molecule has 0 saturated heterocycles. The van der Waals surface area contributed by atoms with Gasteiger partial charge in [0.15, 0.2) is 0 Å². The average Bonchev–Trinajstić information content (AvgIpc) is 2.28. The second-order valence-corrected chi connectivity index (χ2v) is 5.91. The molecule has 1 unspecified atom stereocenters. The van der Waals surface area contributed by atoms with Gasteiger partial charge in [-0.2, -0.15) is 0 Å². The second kappa shape index (κ2) is 4.79. The van der Waals surface area contributed by atoms with Crippen molar-refractivity contribution in [2.24, 2.45) is 5.41 Å². The molecule has 1 aliphatic rings. The monoisotopic (exact) mass is 233 g/mol. The molecule has 0 spiro atoms. The van der Waals surface area contributed by atoms with Gasteiger partial charge < -0.3 is 10.4 Å². The van der Waals surface area contributed by atoms with Crippen molar-refractivity contribution >= 4 is 0 Å². The van der Waals surface area contributed by atoms with Gasteiger partial charge in [-0.05, 0) is 30.7 Å². The molecule has 1 fully saturated rings. The van der Waals surface area contributed by atoms with E-state index >= 15 is 0 Å². The predicted molar refractivity (Wildman–Crippen MR) is 70.8 cm³/mol. The number of rotatable bonds is 5. The molecule has 2 nitrogen and oxygen atoms in total. The maximum absolute atomic E-state index is 10.4. The van der Waals surface area contributed by atoms with Crippen LogP contribution in [0.1, 0.15) is 38.7 Å². The molecule has 0 amide bonds. The number of benzene rings is 1. The molecule has 2 heteroatoms. The van der Waals surface area contributed by atoms with Crippen molar-refractivity contribution < 1.29 is 5.11 Å². The molecule has 0 heterocycles. The largest absolute Gasteiger partial charge is 0.384 e. The second-order valence-electron chi connectivity index (χ2n) is 5.91. The minimum absolute atomic E-state index is 0.465. The molecular weight excluding hydrogens is 210 g/mol. The number of aliphatic hydroxyl groups is 1. The van der Waals surface area contributed by atoms with Gasteiger partial charge in [-0.25, -0.2) is 0 Å². The summed E-state index contributed by atoms with van der Waals surface area (Å²) >= 11 is 0. The molecule has 0 aliphatic heterocycles. The normalized spacial score (nSPS) is 21.6.